The Balaban J connectivity index is 2.51. The van der Waals surface area contributed by atoms with Crippen LogP contribution in [0.4, 0.5) is 11.4 Å². The molecule has 0 aliphatic carbocycles. The molecular weight excluding hydrogens is 511 g/mol. The number of nitrogens with one attached hydrogen (secondary N) is 1. The molecule has 21 heavy (non-hydrogen) atoms. The van der Waals surface area contributed by atoms with Crippen LogP contribution in [0.5, 0.6) is 0 Å². The first-order chi connectivity index (χ1) is 9.70. The summed E-state index contributed by atoms with van der Waals surface area (Å²) in [5.41, 5.74) is 6.19. The molecule has 0 aromatic heterocycles. The summed E-state index contributed by atoms with van der Waals surface area (Å²) in [6, 6.07) is 7.99. The largest absolute Gasteiger partial charge is 0.398 e. The van der Waals surface area contributed by atoms with Gasteiger partial charge in [-0.1, -0.05) is 43.5 Å². The highest BCUT2D eigenvalue weighted by Crippen LogP contribution is 2.34. The molecule has 2 aromatic rings. The molecule has 4 nitrogen and oxygen atoms in total. The molecular formula is C12H8Br3ClN2O2S. The van der Waals surface area contributed by atoms with Crippen molar-refractivity contribution in [3.63, 3.8) is 0 Å². The van der Waals surface area contributed by atoms with Gasteiger partial charge in [-0.3, -0.25) is 4.72 Å². The Kier molecular flexibility index (Phi) is 5.25. The van der Waals surface area contributed by atoms with E-state index in [4.69, 9.17) is 17.3 Å². The van der Waals surface area contributed by atoms with Gasteiger partial charge in [0, 0.05) is 13.4 Å². The van der Waals surface area contributed by atoms with Crippen LogP contribution < -0.4 is 10.5 Å². The molecule has 0 radical (unpaired) electrons. The highest BCUT2D eigenvalue weighted by Gasteiger charge is 2.22. The summed E-state index contributed by atoms with van der Waals surface area (Å²) in [6.07, 6.45) is 0. The summed E-state index contributed by atoms with van der Waals surface area (Å²) in [5.74, 6) is 0. The molecule has 2 aromatic carbocycles. The monoisotopic (exact) mass is 516 g/mol. The predicted octanol–water partition coefficient (Wildman–Crippen LogP) is 5.01. The number of hydrogen-bond acceptors (Lipinski definition) is 3. The first-order valence-electron chi connectivity index (χ1n) is 5.43. The van der Waals surface area contributed by atoms with Crippen LogP contribution in [0.3, 0.4) is 0 Å². The third-order valence-corrected chi connectivity index (χ3v) is 6.13. The van der Waals surface area contributed by atoms with Crippen molar-refractivity contribution in [2.45, 2.75) is 4.90 Å². The van der Waals surface area contributed by atoms with Gasteiger partial charge >= 0.3 is 0 Å². The van der Waals surface area contributed by atoms with Crippen molar-refractivity contribution < 1.29 is 8.42 Å². The van der Waals surface area contributed by atoms with Crippen LogP contribution >= 0.6 is 59.4 Å². The Hall–Kier alpha value is -0.280. The Morgan fingerprint density at radius 3 is 2.33 bits per heavy atom. The van der Waals surface area contributed by atoms with E-state index in [0.29, 0.717) is 13.4 Å². The smallest absolute Gasteiger partial charge is 0.265 e. The second-order valence-corrected chi connectivity index (χ2v) is 8.75. The zero-order valence-corrected chi connectivity index (χ0v) is 16.5. The zero-order valence-electron chi connectivity index (χ0n) is 10.2. The lowest BCUT2D eigenvalue weighted by Gasteiger charge is -2.13. The van der Waals surface area contributed by atoms with Crippen LogP contribution in [0.1, 0.15) is 0 Å². The van der Waals surface area contributed by atoms with Crippen LogP contribution in [0, 0.1) is 0 Å². The average molecular weight is 519 g/mol. The van der Waals surface area contributed by atoms with Gasteiger partial charge in [0.15, 0.2) is 0 Å². The van der Waals surface area contributed by atoms with Crippen molar-refractivity contribution in [3.05, 3.63) is 48.8 Å². The van der Waals surface area contributed by atoms with E-state index in [9.17, 15) is 8.42 Å². The van der Waals surface area contributed by atoms with E-state index in [0.717, 1.165) is 0 Å². The van der Waals surface area contributed by atoms with Gasteiger partial charge in [-0.25, -0.2) is 8.42 Å². The lowest BCUT2D eigenvalue weighted by Crippen LogP contribution is -2.16. The highest BCUT2D eigenvalue weighted by atomic mass is 79.9. The minimum atomic E-state index is -3.88. The molecule has 112 valence electrons. The number of benzene rings is 2. The predicted molar refractivity (Wildman–Crippen MR) is 96.2 cm³/mol. The van der Waals surface area contributed by atoms with Gasteiger partial charge in [-0.05, 0) is 46.3 Å². The Morgan fingerprint density at radius 1 is 1.05 bits per heavy atom. The molecule has 2 rings (SSSR count). The third kappa shape index (κ3) is 3.92. The van der Waals surface area contributed by atoms with E-state index in [-0.39, 0.29) is 21.3 Å². The maximum Gasteiger partial charge on any atom is 0.265 e. The number of nitrogen functional groups attached to an aromatic ring is 1. The SMILES string of the molecule is Nc1cc(Br)cc(Br)c1S(=O)(=O)Nc1cc(Br)ccc1Cl. The van der Waals surface area contributed by atoms with Gasteiger partial charge in [0.05, 0.1) is 16.4 Å². The van der Waals surface area contributed by atoms with Gasteiger partial charge in [0.2, 0.25) is 0 Å². The van der Waals surface area contributed by atoms with Crippen molar-refractivity contribution >= 4 is 80.8 Å². The molecule has 0 bridgehead atoms. The van der Waals surface area contributed by atoms with E-state index in [1.807, 2.05) is 0 Å². The number of hydrogen-bond donors (Lipinski definition) is 2. The van der Waals surface area contributed by atoms with Gasteiger partial charge in [0.25, 0.3) is 10.0 Å². The minimum Gasteiger partial charge on any atom is -0.398 e. The van der Waals surface area contributed by atoms with Crippen molar-refractivity contribution in [2.75, 3.05) is 10.5 Å². The normalized spacial score (nSPS) is 11.4. The van der Waals surface area contributed by atoms with E-state index in [1.54, 1.807) is 24.3 Å². The molecule has 0 atom stereocenters. The van der Waals surface area contributed by atoms with Crippen molar-refractivity contribution in [2.24, 2.45) is 0 Å². The summed E-state index contributed by atoms with van der Waals surface area (Å²) < 4.78 is 29.2. The summed E-state index contributed by atoms with van der Waals surface area (Å²) in [4.78, 5) is -0.0401. The lowest BCUT2D eigenvalue weighted by atomic mass is 10.3. The zero-order chi connectivity index (χ0) is 15.8. The summed E-state index contributed by atoms with van der Waals surface area (Å²) in [6.45, 7) is 0. The molecule has 0 heterocycles. The van der Waals surface area contributed by atoms with Gasteiger partial charge in [0.1, 0.15) is 4.90 Å². The molecule has 0 spiro atoms. The van der Waals surface area contributed by atoms with Gasteiger partial charge in [-0.2, -0.15) is 0 Å². The first-order valence-corrected chi connectivity index (χ1v) is 9.67. The standard InChI is InChI=1S/C12H8Br3ClN2O2S/c13-6-1-2-9(16)11(5-6)18-21(19,20)12-8(15)3-7(14)4-10(12)17/h1-5,18H,17H2. The molecule has 0 unspecified atom stereocenters. The molecule has 0 aliphatic heterocycles. The molecule has 0 aliphatic rings. The van der Waals surface area contributed by atoms with Crippen LogP contribution in [-0.2, 0) is 10.0 Å². The number of nitrogens with two attached hydrogens (primary N) is 1. The van der Waals surface area contributed by atoms with E-state index in [2.05, 4.69) is 52.5 Å². The molecule has 0 saturated carbocycles. The Labute approximate surface area is 152 Å². The first kappa shape index (κ1) is 17.1. The number of sulfonamides is 1. The van der Waals surface area contributed by atoms with E-state index in [1.165, 1.54) is 6.07 Å². The number of halogens is 4. The quantitative estimate of drug-likeness (QED) is 0.561. The van der Waals surface area contributed by atoms with Crippen molar-refractivity contribution in [3.8, 4) is 0 Å². The van der Waals surface area contributed by atoms with Gasteiger partial charge < -0.3 is 5.73 Å². The lowest BCUT2D eigenvalue weighted by molar-refractivity contribution is 0.601. The van der Waals surface area contributed by atoms with E-state index < -0.39 is 10.0 Å². The van der Waals surface area contributed by atoms with Crippen molar-refractivity contribution in [1.82, 2.24) is 0 Å². The number of anilines is 2. The number of rotatable bonds is 3. The van der Waals surface area contributed by atoms with Crippen LogP contribution in [-0.4, -0.2) is 8.42 Å². The summed E-state index contributed by atoms with van der Waals surface area (Å²) >= 11 is 15.7. The fourth-order valence-corrected chi connectivity index (χ4v) is 5.36. The van der Waals surface area contributed by atoms with Crippen LogP contribution in [0.25, 0.3) is 0 Å². The molecule has 0 fully saturated rings. The topological polar surface area (TPSA) is 72.2 Å². The summed E-state index contributed by atoms with van der Waals surface area (Å²) in [7, 11) is -3.88. The second-order valence-electron chi connectivity index (χ2n) is 4.04. The average Bonchev–Trinajstić information content (AvgIpc) is 2.31. The van der Waals surface area contributed by atoms with E-state index >= 15 is 0 Å². The minimum absolute atomic E-state index is 0.0401. The Bertz CT molecular complexity index is 789. The molecule has 0 amide bonds. The van der Waals surface area contributed by atoms with Crippen molar-refractivity contribution in [1.29, 1.82) is 0 Å². The fourth-order valence-electron chi connectivity index (χ4n) is 1.64. The Morgan fingerprint density at radius 2 is 1.71 bits per heavy atom. The summed E-state index contributed by atoms with van der Waals surface area (Å²) in [5, 5.41) is 0.286. The molecule has 0 saturated heterocycles. The fraction of sp³-hybridized carbons (Fsp3) is 0. The van der Waals surface area contributed by atoms with Crippen LogP contribution in [0.15, 0.2) is 48.6 Å². The maximum absolute atomic E-state index is 12.5. The van der Waals surface area contributed by atoms with Crippen LogP contribution in [0.2, 0.25) is 5.02 Å². The highest BCUT2D eigenvalue weighted by molar-refractivity contribution is 9.11. The maximum atomic E-state index is 12.5. The third-order valence-electron chi connectivity index (χ3n) is 2.48. The molecule has 3 N–H and O–H groups in total. The second kappa shape index (κ2) is 6.45. The van der Waals surface area contributed by atoms with Gasteiger partial charge in [-0.15, -0.1) is 0 Å². The molecule has 9 heteroatoms.